The minimum atomic E-state index is -0.111. The predicted octanol–water partition coefficient (Wildman–Crippen LogP) is 3.20. The highest BCUT2D eigenvalue weighted by Crippen LogP contribution is 2.30. The summed E-state index contributed by atoms with van der Waals surface area (Å²) in [5.41, 5.74) is 1.33. The van der Waals surface area contributed by atoms with Gasteiger partial charge >= 0.3 is 0 Å². The first kappa shape index (κ1) is 18.3. The Morgan fingerprint density at radius 1 is 1.25 bits per heavy atom. The quantitative estimate of drug-likeness (QED) is 0.606. The molecule has 1 N–H and O–H groups in total. The van der Waals surface area contributed by atoms with Crippen molar-refractivity contribution >= 4 is 29.3 Å². The highest BCUT2D eigenvalue weighted by atomic mass is 32.1. The van der Waals surface area contributed by atoms with E-state index in [0.29, 0.717) is 48.0 Å². The van der Waals surface area contributed by atoms with Crippen LogP contribution in [0.15, 0.2) is 23.9 Å². The van der Waals surface area contributed by atoms with Crippen molar-refractivity contribution in [3.8, 4) is 11.5 Å². The minimum absolute atomic E-state index is 0.111. The predicted molar refractivity (Wildman–Crippen MR) is 99.0 cm³/mol. The van der Waals surface area contributed by atoms with Gasteiger partial charge in [0, 0.05) is 6.54 Å². The Kier molecular flexibility index (Phi) is 6.20. The molecule has 2 rings (SSSR count). The van der Waals surface area contributed by atoms with Gasteiger partial charge in [-0.25, -0.2) is 0 Å². The van der Waals surface area contributed by atoms with E-state index < -0.39 is 0 Å². The Morgan fingerprint density at radius 3 is 2.58 bits per heavy atom. The first-order valence-electron chi connectivity index (χ1n) is 8.20. The van der Waals surface area contributed by atoms with E-state index >= 15 is 0 Å². The van der Waals surface area contributed by atoms with Gasteiger partial charge in [-0.1, -0.05) is 19.9 Å². The third-order valence-electron chi connectivity index (χ3n) is 3.43. The standard InChI is InChI=1S/C18H24N2O3S/c1-5-20-17(21)14(19-18(20)24)9-13-7-8-15(23-11-12(3)4)16(10-13)22-6-2/h7-10,12H,5-6,11H2,1-4H3,(H,19,24). The van der Waals surface area contributed by atoms with Crippen LogP contribution in [0.1, 0.15) is 33.3 Å². The number of nitrogens with one attached hydrogen (secondary N) is 1. The van der Waals surface area contributed by atoms with Crippen molar-refractivity contribution in [3.63, 3.8) is 0 Å². The van der Waals surface area contributed by atoms with Crippen LogP contribution in [0.3, 0.4) is 0 Å². The molecule has 0 aliphatic carbocycles. The second-order valence-corrected chi connectivity index (χ2v) is 6.27. The molecule has 0 unspecified atom stereocenters. The van der Waals surface area contributed by atoms with Crippen molar-refractivity contribution < 1.29 is 14.3 Å². The van der Waals surface area contributed by atoms with Crippen LogP contribution in [-0.2, 0) is 4.79 Å². The summed E-state index contributed by atoms with van der Waals surface area (Å²) in [6.07, 6.45) is 1.78. The number of nitrogens with zero attached hydrogens (tertiary/aromatic N) is 1. The lowest BCUT2D eigenvalue weighted by Crippen LogP contribution is -2.30. The molecule has 0 radical (unpaired) electrons. The smallest absolute Gasteiger partial charge is 0.276 e. The van der Waals surface area contributed by atoms with E-state index in [0.717, 1.165) is 5.56 Å². The van der Waals surface area contributed by atoms with Crippen LogP contribution in [-0.4, -0.2) is 35.7 Å². The van der Waals surface area contributed by atoms with E-state index in [1.807, 2.05) is 32.0 Å². The normalized spacial score (nSPS) is 16.0. The Hall–Kier alpha value is -2.08. The van der Waals surface area contributed by atoms with Crippen molar-refractivity contribution in [2.75, 3.05) is 19.8 Å². The van der Waals surface area contributed by atoms with Gasteiger partial charge < -0.3 is 14.8 Å². The van der Waals surface area contributed by atoms with Gasteiger partial charge in [-0.05, 0) is 55.8 Å². The number of hydrogen-bond donors (Lipinski definition) is 1. The van der Waals surface area contributed by atoms with Crippen molar-refractivity contribution in [3.05, 3.63) is 29.5 Å². The summed E-state index contributed by atoms with van der Waals surface area (Å²) in [5.74, 6) is 1.71. The van der Waals surface area contributed by atoms with Crippen LogP contribution in [0.2, 0.25) is 0 Å². The summed E-state index contributed by atoms with van der Waals surface area (Å²) in [7, 11) is 0. The van der Waals surface area contributed by atoms with Crippen LogP contribution in [0.25, 0.3) is 6.08 Å². The Morgan fingerprint density at radius 2 is 2.00 bits per heavy atom. The maximum Gasteiger partial charge on any atom is 0.276 e. The Balaban J connectivity index is 2.25. The zero-order valence-electron chi connectivity index (χ0n) is 14.6. The number of likely N-dealkylation sites (N-methyl/N-ethyl adjacent to an activating group) is 1. The number of carbonyl (C=O) groups is 1. The fourth-order valence-electron chi connectivity index (χ4n) is 2.28. The first-order chi connectivity index (χ1) is 11.5. The summed E-state index contributed by atoms with van der Waals surface area (Å²) in [4.78, 5) is 13.8. The molecular formula is C18H24N2O3S. The van der Waals surface area contributed by atoms with E-state index in [2.05, 4.69) is 19.2 Å². The number of amides is 1. The van der Waals surface area contributed by atoms with Crippen molar-refractivity contribution in [1.82, 2.24) is 10.2 Å². The Labute approximate surface area is 148 Å². The topological polar surface area (TPSA) is 50.8 Å². The maximum absolute atomic E-state index is 12.3. The molecule has 1 fully saturated rings. The third-order valence-corrected chi connectivity index (χ3v) is 3.75. The highest BCUT2D eigenvalue weighted by molar-refractivity contribution is 7.80. The lowest BCUT2D eigenvalue weighted by molar-refractivity contribution is -0.122. The summed E-state index contributed by atoms with van der Waals surface area (Å²) in [6.45, 7) is 9.73. The van der Waals surface area contributed by atoms with Crippen LogP contribution < -0.4 is 14.8 Å². The van der Waals surface area contributed by atoms with E-state index in [9.17, 15) is 4.79 Å². The fourth-order valence-corrected chi connectivity index (χ4v) is 2.61. The van der Waals surface area contributed by atoms with Gasteiger partial charge in [0.15, 0.2) is 16.6 Å². The van der Waals surface area contributed by atoms with E-state index in [-0.39, 0.29) is 5.91 Å². The largest absolute Gasteiger partial charge is 0.490 e. The maximum atomic E-state index is 12.3. The summed E-state index contributed by atoms with van der Waals surface area (Å²) >= 11 is 5.17. The zero-order valence-corrected chi connectivity index (χ0v) is 15.4. The fraction of sp³-hybridized carbons (Fsp3) is 0.444. The molecule has 1 aromatic carbocycles. The van der Waals surface area contributed by atoms with Crippen molar-refractivity contribution in [2.45, 2.75) is 27.7 Å². The minimum Gasteiger partial charge on any atom is -0.490 e. The molecule has 1 heterocycles. The number of hydrogen-bond acceptors (Lipinski definition) is 4. The average molecular weight is 348 g/mol. The molecule has 24 heavy (non-hydrogen) atoms. The zero-order chi connectivity index (χ0) is 17.7. The number of rotatable bonds is 7. The molecule has 5 nitrogen and oxygen atoms in total. The number of benzene rings is 1. The van der Waals surface area contributed by atoms with Gasteiger partial charge in [0.2, 0.25) is 0 Å². The van der Waals surface area contributed by atoms with Crippen LogP contribution in [0.5, 0.6) is 11.5 Å². The highest BCUT2D eigenvalue weighted by Gasteiger charge is 2.29. The molecule has 130 valence electrons. The van der Waals surface area contributed by atoms with Crippen molar-refractivity contribution in [1.29, 1.82) is 0 Å². The van der Waals surface area contributed by atoms with Crippen LogP contribution in [0, 0.1) is 5.92 Å². The molecular weight excluding hydrogens is 324 g/mol. The van der Waals surface area contributed by atoms with Gasteiger partial charge in [0.25, 0.3) is 5.91 Å². The molecule has 1 saturated heterocycles. The average Bonchev–Trinajstić information content (AvgIpc) is 2.80. The molecule has 0 spiro atoms. The monoisotopic (exact) mass is 348 g/mol. The van der Waals surface area contributed by atoms with Crippen LogP contribution in [0.4, 0.5) is 0 Å². The molecule has 0 bridgehead atoms. The molecule has 1 amide bonds. The lowest BCUT2D eigenvalue weighted by Gasteiger charge is -2.14. The molecule has 0 atom stereocenters. The van der Waals surface area contributed by atoms with Gasteiger partial charge in [0.1, 0.15) is 5.70 Å². The van der Waals surface area contributed by atoms with Gasteiger partial charge in [-0.15, -0.1) is 0 Å². The molecule has 6 heteroatoms. The molecule has 0 aromatic heterocycles. The SMILES string of the molecule is CCOc1cc(C=C2NC(=S)N(CC)C2=O)ccc1OCC(C)C. The molecule has 1 aliphatic heterocycles. The molecule has 1 aliphatic rings. The van der Waals surface area contributed by atoms with Crippen molar-refractivity contribution in [2.24, 2.45) is 5.92 Å². The summed E-state index contributed by atoms with van der Waals surface area (Å²) in [6, 6.07) is 5.64. The lowest BCUT2D eigenvalue weighted by atomic mass is 10.1. The molecule has 1 aromatic rings. The van der Waals surface area contributed by atoms with E-state index in [4.69, 9.17) is 21.7 Å². The van der Waals surface area contributed by atoms with Gasteiger partial charge in [0.05, 0.1) is 13.2 Å². The first-order valence-corrected chi connectivity index (χ1v) is 8.61. The van der Waals surface area contributed by atoms with E-state index in [1.165, 1.54) is 4.90 Å². The van der Waals surface area contributed by atoms with Gasteiger partial charge in [-0.3, -0.25) is 9.69 Å². The summed E-state index contributed by atoms with van der Waals surface area (Å²) < 4.78 is 11.5. The number of carbonyl (C=O) groups excluding carboxylic acids is 1. The number of ether oxygens (including phenoxy) is 2. The molecule has 0 saturated carbocycles. The summed E-state index contributed by atoms with van der Waals surface area (Å²) in [5, 5.41) is 3.40. The third kappa shape index (κ3) is 4.26. The van der Waals surface area contributed by atoms with Gasteiger partial charge in [-0.2, -0.15) is 0 Å². The Bertz CT molecular complexity index is 656. The number of thiocarbonyl (C=S) groups is 1. The second kappa shape index (κ2) is 8.15. The van der Waals surface area contributed by atoms with E-state index in [1.54, 1.807) is 6.08 Å². The van der Waals surface area contributed by atoms with Crippen LogP contribution >= 0.6 is 12.2 Å². The second-order valence-electron chi connectivity index (χ2n) is 5.88.